The second-order valence-corrected chi connectivity index (χ2v) is 5.66. The summed E-state index contributed by atoms with van der Waals surface area (Å²) < 4.78 is 39.8. The topological polar surface area (TPSA) is 49.5 Å². The van der Waals surface area contributed by atoms with E-state index in [1.54, 1.807) is 4.90 Å². The van der Waals surface area contributed by atoms with Gasteiger partial charge in [-0.25, -0.2) is 0 Å². The summed E-state index contributed by atoms with van der Waals surface area (Å²) >= 11 is 4.71. The Labute approximate surface area is 143 Å². The molecule has 0 atom stereocenters. The van der Waals surface area contributed by atoms with Gasteiger partial charge in [-0.1, -0.05) is 42.5 Å². The van der Waals surface area contributed by atoms with E-state index in [0.717, 1.165) is 11.6 Å². The summed E-state index contributed by atoms with van der Waals surface area (Å²) in [6.07, 6.45) is -4.56. The lowest BCUT2D eigenvalue weighted by atomic mass is 10.0. The van der Waals surface area contributed by atoms with Gasteiger partial charge in [0.15, 0.2) is 0 Å². The summed E-state index contributed by atoms with van der Waals surface area (Å²) in [7, 11) is 0. The number of hydrogen-bond acceptors (Lipinski definition) is 3. The predicted molar refractivity (Wildman–Crippen MR) is 91.9 cm³/mol. The van der Waals surface area contributed by atoms with Gasteiger partial charge < -0.3 is 15.7 Å². The molecule has 0 radical (unpaired) electrons. The van der Waals surface area contributed by atoms with E-state index in [9.17, 15) is 18.3 Å². The molecule has 24 heavy (non-hydrogen) atoms. The van der Waals surface area contributed by atoms with Gasteiger partial charge in [-0.15, -0.1) is 0 Å². The Kier molecular flexibility index (Phi) is 5.80. The minimum atomic E-state index is -4.56. The Morgan fingerprint density at radius 3 is 2.33 bits per heavy atom. The third-order valence-corrected chi connectivity index (χ3v) is 3.75. The maximum Gasteiger partial charge on any atom is 0.417 e. The molecule has 0 aromatic heterocycles. The fraction of sp³-hybridized carbons (Fsp3) is 0.235. The number of aliphatic hydroxyl groups is 1. The monoisotopic (exact) mass is 354 g/mol. The van der Waals surface area contributed by atoms with E-state index in [-0.39, 0.29) is 23.7 Å². The second-order valence-electron chi connectivity index (χ2n) is 5.22. The molecule has 0 spiro atoms. The normalized spacial score (nSPS) is 11.3. The Morgan fingerprint density at radius 1 is 1.12 bits per heavy atom. The number of thiocarbonyl (C=S) groups is 1. The highest BCUT2D eigenvalue weighted by Gasteiger charge is 2.34. The largest absolute Gasteiger partial charge is 0.417 e. The van der Waals surface area contributed by atoms with Crippen molar-refractivity contribution in [3.8, 4) is 0 Å². The maximum atomic E-state index is 13.3. The van der Waals surface area contributed by atoms with Gasteiger partial charge in [0, 0.05) is 24.3 Å². The van der Waals surface area contributed by atoms with Crippen LogP contribution in [0.25, 0.3) is 0 Å². The minimum absolute atomic E-state index is 0.175. The maximum absolute atomic E-state index is 13.3. The van der Waals surface area contributed by atoms with Crippen LogP contribution in [0.5, 0.6) is 0 Å². The number of alkyl halides is 3. The molecule has 0 aliphatic rings. The van der Waals surface area contributed by atoms with Crippen LogP contribution in [0.4, 0.5) is 18.9 Å². The first-order valence-electron chi connectivity index (χ1n) is 7.23. The van der Waals surface area contributed by atoms with Crippen LogP contribution in [0.2, 0.25) is 0 Å². The quantitative estimate of drug-likeness (QED) is 0.781. The molecule has 0 fully saturated rings. The molecule has 0 saturated carbocycles. The van der Waals surface area contributed by atoms with Crippen molar-refractivity contribution in [1.29, 1.82) is 0 Å². The van der Waals surface area contributed by atoms with Crippen molar-refractivity contribution < 1.29 is 18.3 Å². The number of aliphatic hydroxyl groups excluding tert-OH is 1. The molecule has 0 unspecified atom stereocenters. The van der Waals surface area contributed by atoms with Gasteiger partial charge in [0.2, 0.25) is 0 Å². The Morgan fingerprint density at radius 2 is 1.79 bits per heavy atom. The molecule has 0 bridgehead atoms. The highest BCUT2D eigenvalue weighted by Crippen LogP contribution is 2.35. The van der Waals surface area contributed by atoms with Crippen LogP contribution >= 0.6 is 12.2 Å². The highest BCUT2D eigenvalue weighted by molar-refractivity contribution is 7.80. The van der Waals surface area contributed by atoms with E-state index in [2.05, 4.69) is 0 Å². The van der Waals surface area contributed by atoms with Gasteiger partial charge >= 0.3 is 6.18 Å². The van der Waals surface area contributed by atoms with Crippen molar-refractivity contribution in [2.24, 2.45) is 5.73 Å². The van der Waals surface area contributed by atoms with E-state index < -0.39 is 11.7 Å². The molecule has 2 aromatic rings. The van der Waals surface area contributed by atoms with Crippen molar-refractivity contribution >= 4 is 22.9 Å². The molecule has 2 rings (SSSR count). The zero-order valence-corrected chi connectivity index (χ0v) is 13.6. The number of halogens is 3. The first-order valence-corrected chi connectivity index (χ1v) is 7.64. The van der Waals surface area contributed by atoms with Gasteiger partial charge in [0.25, 0.3) is 0 Å². The van der Waals surface area contributed by atoms with Crippen molar-refractivity contribution in [2.75, 3.05) is 18.1 Å². The minimum Gasteiger partial charge on any atom is -0.395 e. The SMILES string of the molecule is NC(=S)c1ccc(N(CCO)Cc2ccccc2)cc1C(F)(F)F. The molecule has 0 saturated heterocycles. The number of rotatable bonds is 6. The summed E-state index contributed by atoms with van der Waals surface area (Å²) in [5, 5.41) is 9.24. The van der Waals surface area contributed by atoms with Crippen LogP contribution in [0, 0.1) is 0 Å². The van der Waals surface area contributed by atoms with Crippen LogP contribution in [0.3, 0.4) is 0 Å². The van der Waals surface area contributed by atoms with Crippen molar-refractivity contribution in [3.63, 3.8) is 0 Å². The fourth-order valence-electron chi connectivity index (χ4n) is 2.40. The molecule has 0 amide bonds. The first-order chi connectivity index (χ1) is 11.3. The molecule has 7 heteroatoms. The van der Waals surface area contributed by atoms with Gasteiger partial charge in [-0.3, -0.25) is 0 Å². The predicted octanol–water partition coefficient (Wildman–Crippen LogP) is 3.34. The Bertz CT molecular complexity index is 705. The molecule has 0 aliphatic carbocycles. The van der Waals surface area contributed by atoms with E-state index >= 15 is 0 Å². The number of anilines is 1. The van der Waals surface area contributed by atoms with Crippen LogP contribution in [0.1, 0.15) is 16.7 Å². The molecular weight excluding hydrogens is 337 g/mol. The van der Waals surface area contributed by atoms with Crippen molar-refractivity contribution in [3.05, 3.63) is 65.2 Å². The number of benzene rings is 2. The third-order valence-electron chi connectivity index (χ3n) is 3.53. The van der Waals surface area contributed by atoms with Crippen LogP contribution in [-0.2, 0) is 12.7 Å². The average molecular weight is 354 g/mol. The second kappa shape index (κ2) is 7.63. The standard InChI is InChI=1S/C17H17F3N2OS/c18-17(19,20)15-10-13(6-7-14(15)16(21)24)22(8-9-23)11-12-4-2-1-3-5-12/h1-7,10,23H,8-9,11H2,(H2,21,24). The van der Waals surface area contributed by atoms with Crippen LogP contribution < -0.4 is 10.6 Å². The van der Waals surface area contributed by atoms with Crippen LogP contribution in [-0.4, -0.2) is 23.2 Å². The number of hydrogen-bond donors (Lipinski definition) is 2. The Balaban J connectivity index is 2.41. The lowest BCUT2D eigenvalue weighted by molar-refractivity contribution is -0.137. The van der Waals surface area contributed by atoms with Gasteiger partial charge in [0.05, 0.1) is 12.2 Å². The molecular formula is C17H17F3N2OS. The molecule has 128 valence electrons. The smallest absolute Gasteiger partial charge is 0.395 e. The van der Waals surface area contributed by atoms with Gasteiger partial charge in [-0.05, 0) is 23.8 Å². The van der Waals surface area contributed by atoms with E-state index in [1.807, 2.05) is 30.3 Å². The molecule has 2 aromatic carbocycles. The lowest BCUT2D eigenvalue weighted by Gasteiger charge is -2.26. The summed E-state index contributed by atoms with van der Waals surface area (Å²) in [5.74, 6) is 0. The fourth-order valence-corrected chi connectivity index (χ4v) is 2.58. The highest BCUT2D eigenvalue weighted by atomic mass is 32.1. The third kappa shape index (κ3) is 4.46. The van der Waals surface area contributed by atoms with Crippen LogP contribution in [0.15, 0.2) is 48.5 Å². The number of nitrogens with zero attached hydrogens (tertiary/aromatic N) is 1. The van der Waals surface area contributed by atoms with Gasteiger partial charge in [-0.2, -0.15) is 13.2 Å². The first kappa shape index (κ1) is 18.2. The lowest BCUT2D eigenvalue weighted by Crippen LogP contribution is -2.27. The molecule has 0 aliphatic heterocycles. The van der Waals surface area contributed by atoms with Crippen molar-refractivity contribution in [2.45, 2.75) is 12.7 Å². The van der Waals surface area contributed by atoms with E-state index in [0.29, 0.717) is 12.2 Å². The Hall–Kier alpha value is -2.12. The van der Waals surface area contributed by atoms with Gasteiger partial charge in [0.1, 0.15) is 4.99 Å². The number of nitrogens with two attached hydrogens (primary N) is 1. The van der Waals surface area contributed by atoms with E-state index in [1.165, 1.54) is 12.1 Å². The molecule has 3 nitrogen and oxygen atoms in total. The average Bonchev–Trinajstić information content (AvgIpc) is 2.54. The van der Waals surface area contributed by atoms with E-state index in [4.69, 9.17) is 18.0 Å². The zero-order chi connectivity index (χ0) is 17.7. The summed E-state index contributed by atoms with van der Waals surface area (Å²) in [5.41, 5.74) is 5.60. The molecule has 3 N–H and O–H groups in total. The zero-order valence-electron chi connectivity index (χ0n) is 12.8. The molecule has 0 heterocycles. The summed E-state index contributed by atoms with van der Waals surface area (Å²) in [6, 6.07) is 13.1. The van der Waals surface area contributed by atoms with Crippen molar-refractivity contribution in [1.82, 2.24) is 0 Å². The summed E-state index contributed by atoms with van der Waals surface area (Å²) in [6.45, 7) is 0.412. The summed E-state index contributed by atoms with van der Waals surface area (Å²) in [4.78, 5) is 1.37.